The molecule has 1 aromatic heterocycles. The van der Waals surface area contributed by atoms with Crippen molar-refractivity contribution in [2.24, 2.45) is 0 Å². The van der Waals surface area contributed by atoms with Crippen LogP contribution in [-0.2, 0) is 23.4 Å². The first kappa shape index (κ1) is 18.7. The highest BCUT2D eigenvalue weighted by Gasteiger charge is 2.34. The van der Waals surface area contributed by atoms with Crippen LogP contribution in [0.25, 0.3) is 0 Å². The van der Waals surface area contributed by atoms with Gasteiger partial charge in [0.2, 0.25) is 5.75 Å². The predicted octanol–water partition coefficient (Wildman–Crippen LogP) is 2.45. The monoisotopic (exact) mass is 397 g/mol. The average molecular weight is 398 g/mol. The lowest BCUT2D eigenvalue weighted by molar-refractivity contribution is -0.0566. The van der Waals surface area contributed by atoms with Gasteiger partial charge in [-0.2, -0.15) is 0 Å². The lowest BCUT2D eigenvalue weighted by Crippen LogP contribution is -2.42. The summed E-state index contributed by atoms with van der Waals surface area (Å²) in [5, 5.41) is 13.6. The molecule has 0 saturated carbocycles. The number of nitrogens with one attached hydrogen (secondary N) is 1. The molecule has 0 fully saturated rings. The number of aromatic hydroxyl groups is 1. The molecule has 26 heavy (non-hydrogen) atoms. The number of nitrogens with zero attached hydrogens (tertiary/aromatic N) is 2. The largest absolute Gasteiger partial charge is 0.501 e. The second-order valence-electron chi connectivity index (χ2n) is 6.37. The van der Waals surface area contributed by atoms with Crippen molar-refractivity contribution in [1.29, 1.82) is 0 Å². The SMILES string of the molecule is CC1(C)OCCn2c1nc(C(=O)NCc1ccc(Cl)cc1Cl)c(O)c2=O. The number of hydrogen-bond acceptors (Lipinski definition) is 5. The van der Waals surface area contributed by atoms with E-state index in [4.69, 9.17) is 27.9 Å². The molecule has 0 atom stereocenters. The number of fused-ring (bicyclic) bond motifs is 1. The van der Waals surface area contributed by atoms with Gasteiger partial charge in [0.1, 0.15) is 11.4 Å². The molecule has 0 unspecified atom stereocenters. The van der Waals surface area contributed by atoms with Gasteiger partial charge in [-0.25, -0.2) is 4.98 Å². The highest BCUT2D eigenvalue weighted by molar-refractivity contribution is 6.35. The van der Waals surface area contributed by atoms with E-state index in [1.807, 2.05) is 0 Å². The Balaban J connectivity index is 1.90. The smallest absolute Gasteiger partial charge is 0.296 e. The number of rotatable bonds is 3. The Bertz CT molecular complexity index is 940. The molecule has 2 N–H and O–H groups in total. The fraction of sp³-hybridized carbons (Fsp3) is 0.353. The van der Waals surface area contributed by atoms with Crippen molar-refractivity contribution in [1.82, 2.24) is 14.9 Å². The molecule has 0 saturated heterocycles. The van der Waals surface area contributed by atoms with Crippen molar-refractivity contribution < 1.29 is 14.6 Å². The zero-order chi connectivity index (χ0) is 19.1. The molecule has 138 valence electrons. The van der Waals surface area contributed by atoms with Crippen molar-refractivity contribution in [2.75, 3.05) is 6.61 Å². The van der Waals surface area contributed by atoms with Crippen LogP contribution in [0.5, 0.6) is 5.75 Å². The minimum Gasteiger partial charge on any atom is -0.501 e. The predicted molar refractivity (Wildman–Crippen MR) is 96.8 cm³/mol. The van der Waals surface area contributed by atoms with Crippen LogP contribution in [-0.4, -0.2) is 27.2 Å². The second-order valence-corrected chi connectivity index (χ2v) is 7.21. The molecule has 1 aliphatic rings. The van der Waals surface area contributed by atoms with E-state index in [1.165, 1.54) is 4.57 Å². The Morgan fingerprint density at radius 2 is 2.15 bits per heavy atom. The fourth-order valence-corrected chi connectivity index (χ4v) is 3.23. The third-order valence-corrected chi connectivity index (χ3v) is 4.72. The molecule has 1 aromatic carbocycles. The molecular formula is C17H17Cl2N3O4. The van der Waals surface area contributed by atoms with Gasteiger partial charge in [-0.1, -0.05) is 29.3 Å². The molecule has 3 rings (SSSR count). The maximum Gasteiger partial charge on any atom is 0.296 e. The summed E-state index contributed by atoms with van der Waals surface area (Å²) in [7, 11) is 0. The number of halogens is 2. The zero-order valence-electron chi connectivity index (χ0n) is 14.2. The summed E-state index contributed by atoms with van der Waals surface area (Å²) < 4.78 is 6.94. The standard InChI is InChI=1S/C17H17Cl2N3O4/c1-17(2)16-21-12(13(23)15(25)22(16)5-6-26-17)14(24)20-8-9-3-4-10(18)7-11(9)19/h3-4,7,23H,5-6,8H2,1-2H3,(H,20,24). The first-order valence-corrected chi connectivity index (χ1v) is 8.66. The van der Waals surface area contributed by atoms with Crippen LogP contribution in [0.2, 0.25) is 10.0 Å². The maximum absolute atomic E-state index is 12.5. The molecule has 1 aliphatic heterocycles. The van der Waals surface area contributed by atoms with Crippen molar-refractivity contribution in [2.45, 2.75) is 32.5 Å². The van der Waals surface area contributed by atoms with Gasteiger partial charge in [0.15, 0.2) is 5.69 Å². The van der Waals surface area contributed by atoms with Crippen LogP contribution < -0.4 is 10.9 Å². The number of amides is 1. The van der Waals surface area contributed by atoms with E-state index in [2.05, 4.69) is 10.3 Å². The Morgan fingerprint density at radius 1 is 1.42 bits per heavy atom. The van der Waals surface area contributed by atoms with E-state index in [9.17, 15) is 14.7 Å². The van der Waals surface area contributed by atoms with Crippen LogP contribution in [0.1, 0.15) is 35.7 Å². The van der Waals surface area contributed by atoms with Gasteiger partial charge in [0.05, 0.1) is 13.2 Å². The highest BCUT2D eigenvalue weighted by atomic mass is 35.5. The van der Waals surface area contributed by atoms with Crippen LogP contribution in [0.4, 0.5) is 0 Å². The number of benzene rings is 1. The minimum atomic E-state index is -0.848. The lowest BCUT2D eigenvalue weighted by Gasteiger charge is -2.32. The molecule has 9 heteroatoms. The molecule has 0 spiro atoms. The summed E-state index contributed by atoms with van der Waals surface area (Å²) in [4.78, 5) is 29.1. The molecule has 0 radical (unpaired) electrons. The number of carbonyl (C=O) groups excluding carboxylic acids is 1. The molecule has 7 nitrogen and oxygen atoms in total. The van der Waals surface area contributed by atoms with Gasteiger partial charge in [-0.15, -0.1) is 0 Å². The quantitative estimate of drug-likeness (QED) is 0.829. The van der Waals surface area contributed by atoms with Crippen molar-refractivity contribution in [3.8, 4) is 5.75 Å². The Labute approximate surface area is 159 Å². The number of aromatic nitrogens is 2. The van der Waals surface area contributed by atoms with Gasteiger partial charge < -0.3 is 15.2 Å². The summed E-state index contributed by atoms with van der Waals surface area (Å²) >= 11 is 11.9. The first-order valence-electron chi connectivity index (χ1n) is 7.91. The van der Waals surface area contributed by atoms with E-state index in [1.54, 1.807) is 32.0 Å². The summed E-state index contributed by atoms with van der Waals surface area (Å²) in [6, 6.07) is 4.89. The third kappa shape index (κ3) is 3.42. The Morgan fingerprint density at radius 3 is 2.85 bits per heavy atom. The maximum atomic E-state index is 12.5. The molecule has 2 aromatic rings. The lowest BCUT2D eigenvalue weighted by atomic mass is 10.1. The van der Waals surface area contributed by atoms with Crippen molar-refractivity contribution in [3.05, 3.63) is 55.7 Å². The number of carbonyl (C=O) groups is 1. The van der Waals surface area contributed by atoms with Gasteiger partial charge in [0.25, 0.3) is 11.5 Å². The van der Waals surface area contributed by atoms with Gasteiger partial charge in [-0.05, 0) is 31.5 Å². The summed E-state index contributed by atoms with van der Waals surface area (Å²) in [5.74, 6) is -1.08. The van der Waals surface area contributed by atoms with Crippen LogP contribution >= 0.6 is 23.2 Å². The van der Waals surface area contributed by atoms with E-state index in [0.717, 1.165) is 0 Å². The van der Waals surface area contributed by atoms with E-state index in [-0.39, 0.29) is 18.8 Å². The summed E-state index contributed by atoms with van der Waals surface area (Å²) in [6.45, 7) is 4.17. The highest BCUT2D eigenvalue weighted by Crippen LogP contribution is 2.27. The Kier molecular flexibility index (Phi) is 4.96. The van der Waals surface area contributed by atoms with Crippen LogP contribution in [0.3, 0.4) is 0 Å². The Hall–Kier alpha value is -2.09. The summed E-state index contributed by atoms with van der Waals surface area (Å²) in [5.41, 5.74) is -1.21. The van der Waals surface area contributed by atoms with E-state index >= 15 is 0 Å². The van der Waals surface area contributed by atoms with Crippen LogP contribution in [0.15, 0.2) is 23.0 Å². The van der Waals surface area contributed by atoms with E-state index in [0.29, 0.717) is 28.0 Å². The van der Waals surface area contributed by atoms with Crippen LogP contribution in [0, 0.1) is 0 Å². The topological polar surface area (TPSA) is 93.5 Å². The molecular weight excluding hydrogens is 381 g/mol. The molecule has 1 amide bonds. The first-order chi connectivity index (χ1) is 12.2. The average Bonchev–Trinajstić information content (AvgIpc) is 2.57. The van der Waals surface area contributed by atoms with E-state index < -0.39 is 22.8 Å². The minimum absolute atomic E-state index is 0.0915. The zero-order valence-corrected chi connectivity index (χ0v) is 15.7. The van der Waals surface area contributed by atoms with Gasteiger partial charge >= 0.3 is 0 Å². The number of hydrogen-bond donors (Lipinski definition) is 2. The van der Waals surface area contributed by atoms with Crippen molar-refractivity contribution in [3.63, 3.8) is 0 Å². The van der Waals surface area contributed by atoms with Gasteiger partial charge in [0, 0.05) is 16.6 Å². The third-order valence-electron chi connectivity index (χ3n) is 4.13. The van der Waals surface area contributed by atoms with Gasteiger partial charge in [-0.3, -0.25) is 14.2 Å². The normalized spacial score (nSPS) is 15.4. The fourth-order valence-electron chi connectivity index (χ4n) is 2.75. The molecule has 2 heterocycles. The molecule has 0 aliphatic carbocycles. The second kappa shape index (κ2) is 6.90. The summed E-state index contributed by atoms with van der Waals surface area (Å²) in [6.07, 6.45) is 0. The molecule has 0 bridgehead atoms. The number of ether oxygens (including phenoxy) is 1. The van der Waals surface area contributed by atoms with Crippen molar-refractivity contribution >= 4 is 29.1 Å².